The molecule has 1 aliphatic rings. The molecule has 86 valence electrons. The van der Waals surface area contributed by atoms with Crippen LogP contribution in [-0.2, 0) is 14.3 Å². The summed E-state index contributed by atoms with van der Waals surface area (Å²) >= 11 is 1.53. The number of cyclic esters (lactones) is 2. The van der Waals surface area contributed by atoms with Crippen LogP contribution in [0.1, 0.15) is 0 Å². The molecule has 1 aromatic carbocycles. The Balaban J connectivity index is 1.96. The van der Waals surface area contributed by atoms with Crippen LogP contribution in [0.15, 0.2) is 23.7 Å². The fourth-order valence-electron chi connectivity index (χ4n) is 1.78. The average molecular weight is 248 g/mol. The van der Waals surface area contributed by atoms with Gasteiger partial charge in [0.25, 0.3) is 0 Å². The lowest BCUT2D eigenvalue weighted by Crippen LogP contribution is -2.42. The summed E-state index contributed by atoms with van der Waals surface area (Å²) in [6.45, 7) is 0.214. The molecule has 0 amide bonds. The first-order chi connectivity index (χ1) is 8.22. The second kappa shape index (κ2) is 3.81. The van der Waals surface area contributed by atoms with Crippen LogP contribution in [-0.4, -0.2) is 30.0 Å². The molecule has 0 atom stereocenters. The second-order valence-electron chi connectivity index (χ2n) is 3.71. The molecule has 1 aliphatic heterocycles. The van der Waals surface area contributed by atoms with Gasteiger partial charge in [-0.2, -0.15) is 0 Å². The average Bonchev–Trinajstić information content (AvgIpc) is 2.74. The van der Waals surface area contributed by atoms with E-state index in [1.165, 1.54) is 11.3 Å². The number of carbonyl (C=O) groups is 2. The van der Waals surface area contributed by atoms with Crippen LogP contribution in [0.25, 0.3) is 10.2 Å². The van der Waals surface area contributed by atoms with Crippen molar-refractivity contribution in [3.8, 4) is 0 Å². The quantitative estimate of drug-likeness (QED) is 0.560. The molecule has 1 saturated heterocycles. The summed E-state index contributed by atoms with van der Waals surface area (Å²) in [5.74, 6) is -1.02. The highest BCUT2D eigenvalue weighted by molar-refractivity contribution is 7.16. The number of esters is 2. The minimum atomic E-state index is -0.509. The van der Waals surface area contributed by atoms with Crippen molar-refractivity contribution in [1.82, 2.24) is 4.98 Å². The van der Waals surface area contributed by atoms with Gasteiger partial charge in [-0.15, -0.1) is 11.3 Å². The highest BCUT2D eigenvalue weighted by atomic mass is 32.1. The van der Waals surface area contributed by atoms with Crippen molar-refractivity contribution in [2.75, 3.05) is 18.0 Å². The van der Waals surface area contributed by atoms with Gasteiger partial charge in [-0.1, -0.05) is 0 Å². The van der Waals surface area contributed by atoms with Crippen LogP contribution >= 0.6 is 11.3 Å². The van der Waals surface area contributed by atoms with E-state index in [1.54, 1.807) is 10.4 Å². The Morgan fingerprint density at radius 1 is 1.24 bits per heavy atom. The highest BCUT2D eigenvalue weighted by Crippen LogP contribution is 2.25. The number of morpholine rings is 1. The van der Waals surface area contributed by atoms with Gasteiger partial charge in [0.05, 0.1) is 15.7 Å². The number of hydrogen-bond donors (Lipinski definition) is 0. The number of hydrogen-bond acceptors (Lipinski definition) is 6. The fraction of sp³-hybridized carbons (Fsp3) is 0.182. The van der Waals surface area contributed by atoms with Crippen LogP contribution < -0.4 is 4.90 Å². The maximum absolute atomic E-state index is 11.2. The molecule has 17 heavy (non-hydrogen) atoms. The molecule has 1 aromatic heterocycles. The number of fused-ring (bicyclic) bond motifs is 1. The third-order valence-corrected chi connectivity index (χ3v) is 3.34. The number of anilines is 1. The summed E-state index contributed by atoms with van der Waals surface area (Å²) in [5, 5.41) is 0. The smallest absolute Gasteiger partial charge is 0.333 e. The van der Waals surface area contributed by atoms with Gasteiger partial charge in [0, 0.05) is 5.69 Å². The van der Waals surface area contributed by atoms with Crippen molar-refractivity contribution in [2.24, 2.45) is 0 Å². The van der Waals surface area contributed by atoms with E-state index in [1.807, 2.05) is 18.2 Å². The van der Waals surface area contributed by atoms with Gasteiger partial charge in [-0.25, -0.2) is 14.6 Å². The van der Waals surface area contributed by atoms with E-state index in [-0.39, 0.29) is 13.1 Å². The Bertz CT molecular complexity index is 592. The molecule has 2 aromatic rings. The van der Waals surface area contributed by atoms with E-state index in [9.17, 15) is 9.59 Å². The predicted molar refractivity (Wildman–Crippen MR) is 62.9 cm³/mol. The molecular weight excluding hydrogens is 240 g/mol. The zero-order chi connectivity index (χ0) is 11.8. The molecule has 0 bridgehead atoms. The number of thiazole rings is 1. The van der Waals surface area contributed by atoms with Gasteiger partial charge in [0.2, 0.25) is 0 Å². The Kier molecular flexibility index (Phi) is 2.29. The molecule has 0 unspecified atom stereocenters. The minimum absolute atomic E-state index is 0.107. The lowest BCUT2D eigenvalue weighted by Gasteiger charge is -2.26. The monoisotopic (exact) mass is 248 g/mol. The molecule has 0 aliphatic carbocycles. The molecule has 1 fully saturated rings. The summed E-state index contributed by atoms with van der Waals surface area (Å²) in [4.78, 5) is 28.2. The molecular formula is C11H8N2O3S. The number of nitrogens with zero attached hydrogens (tertiary/aromatic N) is 2. The first-order valence-corrected chi connectivity index (χ1v) is 5.92. The van der Waals surface area contributed by atoms with Crippen LogP contribution in [0.3, 0.4) is 0 Å². The van der Waals surface area contributed by atoms with Crippen LogP contribution in [0.2, 0.25) is 0 Å². The summed E-state index contributed by atoms with van der Waals surface area (Å²) in [6, 6.07) is 5.67. The maximum atomic E-state index is 11.2. The molecule has 0 N–H and O–H groups in total. The SMILES string of the molecule is O=C1CN(c2ccc3ncsc3c2)CC(=O)O1. The van der Waals surface area contributed by atoms with Crippen molar-refractivity contribution < 1.29 is 14.3 Å². The standard InChI is InChI=1S/C11H8N2O3S/c14-10-4-13(5-11(15)16-10)7-1-2-8-9(3-7)17-6-12-8/h1-3,6H,4-5H2. The summed E-state index contributed by atoms with van der Waals surface area (Å²) in [7, 11) is 0. The molecule has 0 radical (unpaired) electrons. The van der Waals surface area contributed by atoms with Gasteiger partial charge in [0.15, 0.2) is 0 Å². The Labute approximate surface area is 101 Å². The molecule has 5 nitrogen and oxygen atoms in total. The molecule has 3 rings (SSSR count). The topological polar surface area (TPSA) is 59.5 Å². The first kappa shape index (κ1) is 10.2. The van der Waals surface area contributed by atoms with Gasteiger partial charge in [-0.05, 0) is 18.2 Å². The van der Waals surface area contributed by atoms with Crippen LogP contribution in [0, 0.1) is 0 Å². The summed E-state index contributed by atoms with van der Waals surface area (Å²) in [5.41, 5.74) is 3.53. The van der Waals surface area contributed by atoms with Crippen molar-refractivity contribution in [2.45, 2.75) is 0 Å². The minimum Gasteiger partial charge on any atom is -0.390 e. The third-order valence-electron chi connectivity index (χ3n) is 2.55. The molecule has 6 heteroatoms. The summed E-state index contributed by atoms with van der Waals surface area (Å²) in [6.07, 6.45) is 0. The fourth-order valence-corrected chi connectivity index (χ4v) is 2.49. The van der Waals surface area contributed by atoms with Crippen molar-refractivity contribution in [3.05, 3.63) is 23.7 Å². The lowest BCUT2D eigenvalue weighted by molar-refractivity contribution is -0.160. The largest absolute Gasteiger partial charge is 0.390 e. The van der Waals surface area contributed by atoms with E-state index in [0.717, 1.165) is 15.9 Å². The third kappa shape index (κ3) is 1.87. The van der Waals surface area contributed by atoms with E-state index < -0.39 is 11.9 Å². The highest BCUT2D eigenvalue weighted by Gasteiger charge is 2.25. The van der Waals surface area contributed by atoms with E-state index in [0.29, 0.717) is 0 Å². The zero-order valence-electron chi connectivity index (χ0n) is 8.75. The van der Waals surface area contributed by atoms with E-state index >= 15 is 0 Å². The predicted octanol–water partition coefficient (Wildman–Crippen LogP) is 1.19. The Hall–Kier alpha value is -1.95. The van der Waals surface area contributed by atoms with Crippen molar-refractivity contribution in [3.63, 3.8) is 0 Å². The second-order valence-corrected chi connectivity index (χ2v) is 4.59. The lowest BCUT2D eigenvalue weighted by atomic mass is 10.2. The number of ether oxygens (including phenoxy) is 1. The van der Waals surface area contributed by atoms with Crippen LogP contribution in [0.4, 0.5) is 5.69 Å². The van der Waals surface area contributed by atoms with Gasteiger partial charge < -0.3 is 9.64 Å². The zero-order valence-corrected chi connectivity index (χ0v) is 9.57. The van der Waals surface area contributed by atoms with Gasteiger partial charge in [-0.3, -0.25) is 0 Å². The number of carbonyl (C=O) groups excluding carboxylic acids is 2. The molecule has 2 heterocycles. The Morgan fingerprint density at radius 3 is 2.76 bits per heavy atom. The van der Waals surface area contributed by atoms with Gasteiger partial charge >= 0.3 is 11.9 Å². The van der Waals surface area contributed by atoms with Crippen molar-refractivity contribution in [1.29, 1.82) is 0 Å². The van der Waals surface area contributed by atoms with Gasteiger partial charge in [0.1, 0.15) is 13.1 Å². The van der Waals surface area contributed by atoms with E-state index in [4.69, 9.17) is 0 Å². The van der Waals surface area contributed by atoms with Crippen LogP contribution in [0.5, 0.6) is 0 Å². The van der Waals surface area contributed by atoms with Crippen molar-refractivity contribution >= 4 is 39.2 Å². The normalized spacial score (nSPS) is 16.4. The van der Waals surface area contributed by atoms with E-state index in [2.05, 4.69) is 9.72 Å². The Morgan fingerprint density at radius 2 is 2.00 bits per heavy atom. The molecule has 0 spiro atoms. The number of aromatic nitrogens is 1. The maximum Gasteiger partial charge on any atom is 0.333 e. The summed E-state index contributed by atoms with van der Waals surface area (Å²) < 4.78 is 5.52. The molecule has 0 saturated carbocycles. The number of rotatable bonds is 1. The first-order valence-electron chi connectivity index (χ1n) is 5.04. The number of benzene rings is 1.